The minimum absolute atomic E-state index is 0.899. The molecule has 0 amide bonds. The molecule has 3 nitrogen and oxygen atoms in total. The Kier molecular flexibility index (Phi) is 8.17. The Bertz CT molecular complexity index is 3520. The molecular formula is C58H38N2O. The van der Waals surface area contributed by atoms with Crippen LogP contribution in [-0.4, -0.2) is 4.57 Å². The third-order valence-electron chi connectivity index (χ3n) is 12.2. The molecule has 12 aromatic rings. The second-order valence-corrected chi connectivity index (χ2v) is 15.7. The summed E-state index contributed by atoms with van der Waals surface area (Å²) in [6.45, 7) is 0. The van der Waals surface area contributed by atoms with E-state index in [9.17, 15) is 0 Å². The van der Waals surface area contributed by atoms with Gasteiger partial charge in [0.15, 0.2) is 0 Å². The Hall–Kier alpha value is -8.14. The molecule has 3 heteroatoms. The number of rotatable bonds is 7. The van der Waals surface area contributed by atoms with Gasteiger partial charge in [0, 0.05) is 44.3 Å². The molecule has 0 saturated heterocycles. The number of anilines is 3. The lowest BCUT2D eigenvalue weighted by Gasteiger charge is -2.26. The first-order valence-electron chi connectivity index (χ1n) is 20.8. The fraction of sp³-hybridized carbons (Fsp3) is 0. The van der Waals surface area contributed by atoms with E-state index in [1.807, 2.05) is 12.1 Å². The van der Waals surface area contributed by atoms with Crippen LogP contribution in [-0.2, 0) is 0 Å². The SMILES string of the molecule is c1cc(-c2ccc(N(c3ccc(-c4ccc5c(c4)oc4ccccc45)cc3)c3ccc(-c4cccc5ccccc45)cc3)cc2)cc(-n2c3ccccc3c3ccccc32)c1. The van der Waals surface area contributed by atoms with Gasteiger partial charge in [-0.3, -0.25) is 0 Å². The molecule has 0 aliphatic heterocycles. The van der Waals surface area contributed by atoms with Gasteiger partial charge in [-0.05, 0) is 123 Å². The summed E-state index contributed by atoms with van der Waals surface area (Å²) < 4.78 is 8.63. The molecule has 0 aliphatic rings. The van der Waals surface area contributed by atoms with Gasteiger partial charge in [-0.1, -0.05) is 152 Å². The van der Waals surface area contributed by atoms with Crippen molar-refractivity contribution in [2.75, 3.05) is 4.90 Å². The molecule has 0 bridgehead atoms. The summed E-state index contributed by atoms with van der Waals surface area (Å²) in [6.07, 6.45) is 0. The van der Waals surface area contributed by atoms with Gasteiger partial charge in [0.05, 0.1) is 11.0 Å². The summed E-state index contributed by atoms with van der Waals surface area (Å²) >= 11 is 0. The van der Waals surface area contributed by atoms with Crippen molar-refractivity contribution in [3.8, 4) is 39.1 Å². The predicted octanol–water partition coefficient (Wildman–Crippen LogP) is 16.3. The molecule has 0 spiro atoms. The number of furan rings is 1. The van der Waals surface area contributed by atoms with Gasteiger partial charge in [-0.25, -0.2) is 0 Å². The van der Waals surface area contributed by atoms with Crippen LogP contribution in [0.15, 0.2) is 235 Å². The molecule has 2 heterocycles. The van der Waals surface area contributed by atoms with Crippen LogP contribution in [0.5, 0.6) is 0 Å². The van der Waals surface area contributed by atoms with Crippen molar-refractivity contribution in [2.45, 2.75) is 0 Å². The Morgan fingerprint density at radius 1 is 0.311 bits per heavy atom. The first-order chi connectivity index (χ1) is 30.2. The fourth-order valence-electron chi connectivity index (χ4n) is 9.25. The Morgan fingerprint density at radius 3 is 1.48 bits per heavy atom. The summed E-state index contributed by atoms with van der Waals surface area (Å²) in [5.41, 5.74) is 15.6. The van der Waals surface area contributed by atoms with Crippen LogP contribution >= 0.6 is 0 Å². The Morgan fingerprint density at radius 2 is 0.803 bits per heavy atom. The third-order valence-corrected chi connectivity index (χ3v) is 12.2. The van der Waals surface area contributed by atoms with Crippen LogP contribution in [0.3, 0.4) is 0 Å². The lowest BCUT2D eigenvalue weighted by molar-refractivity contribution is 0.669. The predicted molar refractivity (Wildman–Crippen MR) is 257 cm³/mol. The van der Waals surface area contributed by atoms with E-state index in [1.54, 1.807) is 0 Å². The lowest BCUT2D eigenvalue weighted by atomic mass is 9.98. The highest BCUT2D eigenvalue weighted by atomic mass is 16.3. The fourth-order valence-corrected chi connectivity index (χ4v) is 9.25. The van der Waals surface area contributed by atoms with E-state index in [1.165, 1.54) is 49.3 Å². The molecule has 0 N–H and O–H groups in total. The van der Waals surface area contributed by atoms with E-state index >= 15 is 0 Å². The quantitative estimate of drug-likeness (QED) is 0.161. The van der Waals surface area contributed by atoms with Crippen LogP contribution in [0, 0.1) is 0 Å². The van der Waals surface area contributed by atoms with Gasteiger partial charge in [0.25, 0.3) is 0 Å². The van der Waals surface area contributed by atoms with Gasteiger partial charge >= 0.3 is 0 Å². The number of nitrogens with zero attached hydrogens (tertiary/aromatic N) is 2. The summed E-state index contributed by atoms with van der Waals surface area (Å²) in [7, 11) is 0. The molecule has 61 heavy (non-hydrogen) atoms. The van der Waals surface area contributed by atoms with Gasteiger partial charge in [0.1, 0.15) is 11.2 Å². The van der Waals surface area contributed by atoms with Crippen molar-refractivity contribution in [2.24, 2.45) is 0 Å². The standard InChI is InChI=1S/C58H38N2O/c1-2-15-49-41(11-1)12-10-19-50(49)42-27-34-47(35-28-42)59(46-32-25-40(26-33-46)44-29-36-54-53-18-5-8-22-57(53)61-58(54)38-44)45-30-23-39(24-31-45)43-13-9-14-48(37-43)60-55-20-6-3-16-51(55)52-17-4-7-21-56(52)60/h1-38H. The van der Waals surface area contributed by atoms with E-state index in [-0.39, 0.29) is 0 Å². The maximum atomic E-state index is 6.25. The molecule has 0 aliphatic carbocycles. The highest BCUT2D eigenvalue weighted by Gasteiger charge is 2.16. The summed E-state index contributed by atoms with van der Waals surface area (Å²) in [5.74, 6) is 0. The largest absolute Gasteiger partial charge is 0.456 e. The van der Waals surface area contributed by atoms with Crippen molar-refractivity contribution in [1.29, 1.82) is 0 Å². The first kappa shape index (κ1) is 34.9. The molecule has 2 aromatic heterocycles. The Balaban J connectivity index is 0.920. The highest BCUT2D eigenvalue weighted by molar-refractivity contribution is 6.09. The van der Waals surface area contributed by atoms with Crippen molar-refractivity contribution < 1.29 is 4.42 Å². The average molecular weight is 779 g/mol. The second kappa shape index (κ2) is 14.3. The minimum atomic E-state index is 0.899. The highest BCUT2D eigenvalue weighted by Crippen LogP contribution is 2.40. The van der Waals surface area contributed by atoms with Crippen molar-refractivity contribution in [3.05, 3.63) is 231 Å². The second-order valence-electron chi connectivity index (χ2n) is 15.7. The summed E-state index contributed by atoms with van der Waals surface area (Å²) in [6, 6.07) is 82.9. The topological polar surface area (TPSA) is 21.3 Å². The monoisotopic (exact) mass is 778 g/mol. The van der Waals surface area contributed by atoms with E-state index in [4.69, 9.17) is 4.42 Å². The summed E-state index contributed by atoms with van der Waals surface area (Å²) in [4.78, 5) is 2.34. The zero-order valence-electron chi connectivity index (χ0n) is 33.2. The molecule has 286 valence electrons. The number of hydrogen-bond acceptors (Lipinski definition) is 2. The van der Waals surface area contributed by atoms with Crippen LogP contribution in [0.2, 0.25) is 0 Å². The van der Waals surface area contributed by atoms with E-state index < -0.39 is 0 Å². The molecule has 0 fully saturated rings. The smallest absolute Gasteiger partial charge is 0.136 e. The maximum Gasteiger partial charge on any atom is 0.136 e. The lowest BCUT2D eigenvalue weighted by Crippen LogP contribution is -2.09. The first-order valence-corrected chi connectivity index (χ1v) is 20.8. The molecule has 0 unspecified atom stereocenters. The number of hydrogen-bond donors (Lipinski definition) is 0. The zero-order chi connectivity index (χ0) is 40.3. The van der Waals surface area contributed by atoms with E-state index in [2.05, 4.69) is 228 Å². The minimum Gasteiger partial charge on any atom is -0.456 e. The molecular weight excluding hydrogens is 741 g/mol. The van der Waals surface area contributed by atoms with Gasteiger partial charge in [0.2, 0.25) is 0 Å². The third kappa shape index (κ3) is 5.98. The van der Waals surface area contributed by atoms with Crippen molar-refractivity contribution in [3.63, 3.8) is 0 Å². The molecule has 0 radical (unpaired) electrons. The van der Waals surface area contributed by atoms with Gasteiger partial charge in [-0.2, -0.15) is 0 Å². The summed E-state index contributed by atoms with van der Waals surface area (Å²) in [5, 5.41) is 7.30. The molecule has 10 aromatic carbocycles. The number of fused-ring (bicyclic) bond motifs is 7. The van der Waals surface area contributed by atoms with Crippen LogP contribution < -0.4 is 4.90 Å². The van der Waals surface area contributed by atoms with Gasteiger partial charge in [-0.15, -0.1) is 0 Å². The number of aromatic nitrogens is 1. The maximum absolute atomic E-state index is 6.25. The number of para-hydroxylation sites is 3. The van der Waals surface area contributed by atoms with Crippen LogP contribution in [0.4, 0.5) is 17.1 Å². The molecule has 0 saturated carbocycles. The van der Waals surface area contributed by atoms with Gasteiger partial charge < -0.3 is 13.9 Å². The average Bonchev–Trinajstić information content (AvgIpc) is 3.88. The van der Waals surface area contributed by atoms with Crippen molar-refractivity contribution >= 4 is 71.6 Å². The molecule has 12 rings (SSSR count). The van der Waals surface area contributed by atoms with Crippen molar-refractivity contribution in [1.82, 2.24) is 4.57 Å². The molecule has 0 atom stereocenters. The number of benzene rings is 10. The van der Waals surface area contributed by atoms with Crippen LogP contribution in [0.1, 0.15) is 0 Å². The zero-order valence-corrected chi connectivity index (χ0v) is 33.2. The normalized spacial score (nSPS) is 11.6. The Labute approximate surface area is 353 Å². The van der Waals surface area contributed by atoms with Crippen LogP contribution in [0.25, 0.3) is 93.6 Å². The van der Waals surface area contributed by atoms with E-state index in [0.29, 0.717) is 0 Å². The van der Waals surface area contributed by atoms with E-state index in [0.717, 1.165) is 61.4 Å².